The molecule has 0 spiro atoms. The second-order valence-corrected chi connectivity index (χ2v) is 5.74. The maximum Gasteiger partial charge on any atom is 0.337 e. The molecule has 1 N–H and O–H groups in total. The van der Waals surface area contributed by atoms with E-state index in [4.69, 9.17) is 9.15 Å². The van der Waals surface area contributed by atoms with E-state index in [1.807, 2.05) is 38.1 Å². The van der Waals surface area contributed by atoms with Crippen molar-refractivity contribution in [3.8, 4) is 5.75 Å². The minimum absolute atomic E-state index is 0.293. The Labute approximate surface area is 145 Å². The van der Waals surface area contributed by atoms with Gasteiger partial charge in [0.15, 0.2) is 0 Å². The normalized spacial score (nSPS) is 10.6. The molecule has 1 heterocycles. The Bertz CT molecular complexity index is 975. The molecular weight excluding hydrogens is 318 g/mol. The number of ether oxygens (including phenoxy) is 1. The largest absolute Gasteiger partial charge is 0.494 e. The number of fused-ring (bicyclic) bond motifs is 1. The number of hydrogen-bond acceptors (Lipinski definition) is 4. The van der Waals surface area contributed by atoms with Crippen molar-refractivity contribution < 1.29 is 13.9 Å². The van der Waals surface area contributed by atoms with Gasteiger partial charge in [-0.1, -0.05) is 29.8 Å². The molecule has 5 heteroatoms. The van der Waals surface area contributed by atoms with Crippen LogP contribution in [0.15, 0.2) is 57.7 Å². The van der Waals surface area contributed by atoms with Gasteiger partial charge in [0, 0.05) is 24.1 Å². The molecule has 1 aromatic heterocycles. The first kappa shape index (κ1) is 16.8. The van der Waals surface area contributed by atoms with Crippen molar-refractivity contribution in [2.24, 2.45) is 0 Å². The van der Waals surface area contributed by atoms with E-state index in [9.17, 15) is 9.59 Å². The number of aryl methyl sites for hydroxylation is 1. The number of amides is 1. The van der Waals surface area contributed by atoms with Gasteiger partial charge in [-0.15, -0.1) is 0 Å². The number of carbonyl (C=O) groups is 1. The molecular formula is C20H19NO4. The van der Waals surface area contributed by atoms with Crippen LogP contribution in [0.2, 0.25) is 0 Å². The Kier molecular flexibility index (Phi) is 4.84. The first-order chi connectivity index (χ1) is 12.1. The van der Waals surface area contributed by atoms with Crippen LogP contribution in [0, 0.1) is 6.92 Å². The fourth-order valence-corrected chi connectivity index (χ4v) is 2.69. The third kappa shape index (κ3) is 3.88. The average Bonchev–Trinajstić information content (AvgIpc) is 2.59. The van der Waals surface area contributed by atoms with Crippen LogP contribution in [0.3, 0.4) is 0 Å². The van der Waals surface area contributed by atoms with Gasteiger partial charge < -0.3 is 14.5 Å². The van der Waals surface area contributed by atoms with Gasteiger partial charge in [-0.05, 0) is 31.5 Å². The van der Waals surface area contributed by atoms with Gasteiger partial charge in [0.2, 0.25) is 0 Å². The Morgan fingerprint density at radius 3 is 2.76 bits per heavy atom. The summed E-state index contributed by atoms with van der Waals surface area (Å²) in [5.41, 5.74) is 2.18. The quantitative estimate of drug-likeness (QED) is 0.724. The number of nitrogens with one attached hydrogen (secondary N) is 1. The van der Waals surface area contributed by atoms with Crippen LogP contribution in [0.25, 0.3) is 11.0 Å². The highest BCUT2D eigenvalue weighted by Crippen LogP contribution is 2.22. The van der Waals surface area contributed by atoms with E-state index in [1.54, 1.807) is 18.2 Å². The van der Waals surface area contributed by atoms with Crippen LogP contribution >= 0.6 is 0 Å². The maximum absolute atomic E-state index is 12.6. The van der Waals surface area contributed by atoms with Crippen molar-refractivity contribution in [1.82, 2.24) is 5.32 Å². The molecule has 0 radical (unpaired) electrons. The molecule has 5 nitrogen and oxygen atoms in total. The lowest BCUT2D eigenvalue weighted by atomic mass is 10.1. The molecule has 25 heavy (non-hydrogen) atoms. The minimum Gasteiger partial charge on any atom is -0.494 e. The Morgan fingerprint density at radius 2 is 2.00 bits per heavy atom. The van der Waals surface area contributed by atoms with Gasteiger partial charge in [0.05, 0.1) is 12.2 Å². The lowest BCUT2D eigenvalue weighted by Crippen LogP contribution is -2.24. The van der Waals surface area contributed by atoms with Crippen LogP contribution in [-0.4, -0.2) is 12.5 Å². The predicted molar refractivity (Wildman–Crippen MR) is 96.0 cm³/mol. The molecule has 0 bridgehead atoms. The summed E-state index contributed by atoms with van der Waals surface area (Å²) in [6, 6.07) is 14.2. The van der Waals surface area contributed by atoms with Crippen molar-refractivity contribution in [1.29, 1.82) is 0 Å². The van der Waals surface area contributed by atoms with Gasteiger partial charge in [-0.25, -0.2) is 4.79 Å². The van der Waals surface area contributed by atoms with E-state index in [2.05, 4.69) is 5.32 Å². The zero-order valence-corrected chi connectivity index (χ0v) is 14.2. The molecule has 1 amide bonds. The monoisotopic (exact) mass is 337 g/mol. The summed E-state index contributed by atoms with van der Waals surface area (Å²) in [5.74, 6) is 0.277. The summed E-state index contributed by atoms with van der Waals surface area (Å²) >= 11 is 0. The summed E-state index contributed by atoms with van der Waals surface area (Å²) < 4.78 is 10.6. The summed E-state index contributed by atoms with van der Waals surface area (Å²) in [7, 11) is 0. The van der Waals surface area contributed by atoms with E-state index >= 15 is 0 Å². The lowest BCUT2D eigenvalue weighted by molar-refractivity contribution is 0.0952. The molecule has 3 aromatic rings. The van der Waals surface area contributed by atoms with Gasteiger partial charge >= 0.3 is 5.63 Å². The standard InChI is InChI=1S/C20H19NO4/c1-3-24-15-7-8-16-17(11-19(22)25-18(16)10-15)20(23)21-12-14-6-4-5-13(2)9-14/h4-11H,3,12H2,1-2H3,(H,21,23). The van der Waals surface area contributed by atoms with Crippen LogP contribution < -0.4 is 15.7 Å². The Balaban J connectivity index is 1.88. The molecule has 0 saturated heterocycles. The molecule has 128 valence electrons. The number of rotatable bonds is 5. The highest BCUT2D eigenvalue weighted by molar-refractivity contribution is 6.05. The summed E-state index contributed by atoms with van der Waals surface area (Å²) in [6.07, 6.45) is 0. The fourth-order valence-electron chi connectivity index (χ4n) is 2.69. The minimum atomic E-state index is -0.568. The fraction of sp³-hybridized carbons (Fsp3) is 0.200. The molecule has 0 aliphatic heterocycles. The van der Waals surface area contributed by atoms with E-state index in [1.165, 1.54) is 6.07 Å². The van der Waals surface area contributed by atoms with Crippen molar-refractivity contribution in [2.45, 2.75) is 20.4 Å². The van der Waals surface area contributed by atoms with Crippen molar-refractivity contribution >= 4 is 16.9 Å². The highest BCUT2D eigenvalue weighted by atomic mass is 16.5. The SMILES string of the molecule is CCOc1ccc2c(C(=O)NCc3cccc(C)c3)cc(=O)oc2c1. The van der Waals surface area contributed by atoms with Crippen LogP contribution in [0.1, 0.15) is 28.4 Å². The molecule has 0 aliphatic rings. The van der Waals surface area contributed by atoms with Crippen LogP contribution in [-0.2, 0) is 6.54 Å². The lowest BCUT2D eigenvalue weighted by Gasteiger charge is -2.09. The first-order valence-corrected chi connectivity index (χ1v) is 8.11. The molecule has 2 aromatic carbocycles. The van der Waals surface area contributed by atoms with Gasteiger partial charge in [0.25, 0.3) is 5.91 Å². The zero-order chi connectivity index (χ0) is 17.8. The first-order valence-electron chi connectivity index (χ1n) is 8.11. The Morgan fingerprint density at radius 1 is 1.16 bits per heavy atom. The van der Waals surface area contributed by atoms with Gasteiger partial charge in [-0.3, -0.25) is 4.79 Å². The van der Waals surface area contributed by atoms with Crippen molar-refractivity contribution in [3.63, 3.8) is 0 Å². The van der Waals surface area contributed by atoms with Gasteiger partial charge in [-0.2, -0.15) is 0 Å². The molecule has 0 aliphatic carbocycles. The maximum atomic E-state index is 12.6. The Hall–Kier alpha value is -3.08. The second kappa shape index (κ2) is 7.21. The predicted octanol–water partition coefficient (Wildman–Crippen LogP) is 3.43. The average molecular weight is 337 g/mol. The second-order valence-electron chi connectivity index (χ2n) is 5.74. The smallest absolute Gasteiger partial charge is 0.337 e. The summed E-state index contributed by atoms with van der Waals surface area (Å²) in [5, 5.41) is 3.42. The molecule has 0 unspecified atom stereocenters. The zero-order valence-electron chi connectivity index (χ0n) is 14.2. The van der Waals surface area contributed by atoms with E-state index < -0.39 is 5.63 Å². The van der Waals surface area contributed by atoms with Crippen LogP contribution in [0.4, 0.5) is 0 Å². The van der Waals surface area contributed by atoms with Crippen molar-refractivity contribution in [3.05, 3.63) is 75.6 Å². The molecule has 0 saturated carbocycles. The van der Waals surface area contributed by atoms with Gasteiger partial charge in [0.1, 0.15) is 11.3 Å². The summed E-state index contributed by atoms with van der Waals surface area (Å²) in [6.45, 7) is 4.76. The number of carbonyl (C=O) groups excluding carboxylic acids is 1. The van der Waals surface area contributed by atoms with E-state index in [-0.39, 0.29) is 5.91 Å². The highest BCUT2D eigenvalue weighted by Gasteiger charge is 2.14. The molecule has 0 atom stereocenters. The third-order valence-electron chi connectivity index (χ3n) is 3.81. The topological polar surface area (TPSA) is 68.5 Å². The summed E-state index contributed by atoms with van der Waals surface area (Å²) in [4.78, 5) is 24.4. The molecule has 0 fully saturated rings. The van der Waals surface area contributed by atoms with E-state index in [0.717, 1.165) is 11.1 Å². The number of benzene rings is 2. The number of hydrogen-bond donors (Lipinski definition) is 1. The van der Waals surface area contributed by atoms with Crippen LogP contribution in [0.5, 0.6) is 5.75 Å². The third-order valence-corrected chi connectivity index (χ3v) is 3.81. The van der Waals surface area contributed by atoms with E-state index in [0.29, 0.717) is 35.4 Å². The van der Waals surface area contributed by atoms with Crippen molar-refractivity contribution in [2.75, 3.05) is 6.61 Å². The molecule has 3 rings (SSSR count).